The van der Waals surface area contributed by atoms with Gasteiger partial charge in [-0.3, -0.25) is 9.38 Å². The number of nitrogens with zero attached hydrogens (tertiary/aromatic N) is 4. The van der Waals surface area contributed by atoms with Crippen molar-refractivity contribution in [2.75, 3.05) is 0 Å². The second-order valence-corrected chi connectivity index (χ2v) is 5.05. The normalized spacial score (nSPS) is 11.8. The minimum Gasteiger partial charge on any atom is -0.298 e. The van der Waals surface area contributed by atoms with Crippen LogP contribution in [0.1, 0.15) is 0 Å². The first-order valence-corrected chi connectivity index (χ1v) is 6.82. The molecule has 4 heterocycles. The number of benzene rings is 1. The third-order valence-corrected chi connectivity index (χ3v) is 3.83. The Kier molecular flexibility index (Phi) is 1.92. The van der Waals surface area contributed by atoms with Gasteiger partial charge in [0.05, 0.1) is 22.1 Å². The van der Waals surface area contributed by atoms with Crippen molar-refractivity contribution >= 4 is 38.6 Å². The van der Waals surface area contributed by atoms with E-state index in [9.17, 15) is 0 Å². The Morgan fingerprint density at radius 1 is 0.762 bits per heavy atom. The van der Waals surface area contributed by atoms with Crippen LogP contribution in [0.2, 0.25) is 0 Å². The average Bonchev–Trinajstić information content (AvgIpc) is 3.03. The molecule has 0 bridgehead atoms. The summed E-state index contributed by atoms with van der Waals surface area (Å²) in [5, 5.41) is 1.04. The molecule has 4 aromatic heterocycles. The number of hydrogen-bond acceptors (Lipinski definition) is 3. The molecule has 0 radical (unpaired) electrons. The first-order chi connectivity index (χ1) is 10.4. The lowest BCUT2D eigenvalue weighted by molar-refractivity contribution is 1.20. The van der Waals surface area contributed by atoms with E-state index in [0.29, 0.717) is 0 Å². The molecule has 0 aliphatic heterocycles. The Hall–Kier alpha value is -3.01. The molecule has 0 fully saturated rings. The van der Waals surface area contributed by atoms with Gasteiger partial charge in [0.2, 0.25) is 0 Å². The lowest BCUT2D eigenvalue weighted by atomic mass is 10.2. The lowest BCUT2D eigenvalue weighted by Crippen LogP contribution is -1.96. The zero-order chi connectivity index (χ0) is 13.8. The van der Waals surface area contributed by atoms with E-state index in [-0.39, 0.29) is 0 Å². The predicted molar refractivity (Wildman–Crippen MR) is 83.3 cm³/mol. The smallest absolute Gasteiger partial charge is 0.164 e. The van der Waals surface area contributed by atoms with Crippen molar-refractivity contribution in [3.8, 4) is 0 Å². The van der Waals surface area contributed by atoms with Crippen molar-refractivity contribution in [1.82, 2.24) is 19.4 Å². The zero-order valence-electron chi connectivity index (χ0n) is 11.1. The van der Waals surface area contributed by atoms with Gasteiger partial charge in [-0.25, -0.2) is 9.97 Å². The molecule has 0 unspecified atom stereocenters. The van der Waals surface area contributed by atoms with E-state index in [0.717, 1.165) is 38.6 Å². The lowest BCUT2D eigenvalue weighted by Gasteiger charge is -2.08. The van der Waals surface area contributed by atoms with Crippen LogP contribution in [0.5, 0.6) is 0 Å². The molecule has 0 spiro atoms. The Balaban J connectivity index is 2.18. The van der Waals surface area contributed by atoms with Gasteiger partial charge >= 0.3 is 0 Å². The quantitative estimate of drug-likeness (QED) is 0.319. The molecule has 0 atom stereocenters. The van der Waals surface area contributed by atoms with E-state index in [1.165, 1.54) is 0 Å². The first-order valence-electron chi connectivity index (χ1n) is 6.82. The van der Waals surface area contributed by atoms with Gasteiger partial charge in [0.1, 0.15) is 5.52 Å². The molecule has 0 aliphatic carbocycles. The summed E-state index contributed by atoms with van der Waals surface area (Å²) in [7, 11) is 0. The molecular formula is C17H10N4. The van der Waals surface area contributed by atoms with Crippen molar-refractivity contribution < 1.29 is 0 Å². The third kappa shape index (κ3) is 1.36. The molecule has 4 heteroatoms. The molecule has 0 saturated heterocycles. The summed E-state index contributed by atoms with van der Waals surface area (Å²) >= 11 is 0. The molecule has 0 saturated carbocycles. The topological polar surface area (TPSA) is 43.1 Å². The second kappa shape index (κ2) is 3.76. The Morgan fingerprint density at radius 3 is 2.52 bits per heavy atom. The van der Waals surface area contributed by atoms with Crippen LogP contribution in [0.4, 0.5) is 0 Å². The number of para-hydroxylation sites is 2. The molecule has 98 valence electrons. The maximum atomic E-state index is 4.81. The maximum Gasteiger partial charge on any atom is 0.164 e. The summed E-state index contributed by atoms with van der Waals surface area (Å²) < 4.78 is 2.06. The molecule has 21 heavy (non-hydrogen) atoms. The van der Waals surface area contributed by atoms with Gasteiger partial charge in [-0.1, -0.05) is 12.1 Å². The zero-order valence-corrected chi connectivity index (χ0v) is 11.1. The number of fused-ring (bicyclic) bond motifs is 7. The molecule has 5 aromatic rings. The van der Waals surface area contributed by atoms with Crippen molar-refractivity contribution in [3.63, 3.8) is 0 Å². The molecular weight excluding hydrogens is 260 g/mol. The predicted octanol–water partition coefficient (Wildman–Crippen LogP) is 3.58. The van der Waals surface area contributed by atoms with Crippen LogP contribution in [0.15, 0.2) is 60.9 Å². The molecule has 4 nitrogen and oxygen atoms in total. The van der Waals surface area contributed by atoms with Crippen LogP contribution in [0.3, 0.4) is 0 Å². The Morgan fingerprint density at radius 2 is 1.62 bits per heavy atom. The van der Waals surface area contributed by atoms with Crippen LogP contribution < -0.4 is 0 Å². The van der Waals surface area contributed by atoms with E-state index in [1.54, 1.807) is 0 Å². The highest BCUT2D eigenvalue weighted by Gasteiger charge is 2.11. The van der Waals surface area contributed by atoms with Gasteiger partial charge in [-0.15, -0.1) is 0 Å². The average molecular weight is 270 g/mol. The SMILES string of the molecule is c1ccc2nc3c(nc2c1)c1cccnc1c1cccn13. The number of pyridine rings is 2. The molecule has 0 aliphatic rings. The summed E-state index contributed by atoms with van der Waals surface area (Å²) in [6, 6.07) is 16.0. The van der Waals surface area contributed by atoms with Crippen LogP contribution in [-0.2, 0) is 0 Å². The summed E-state index contributed by atoms with van der Waals surface area (Å²) in [6.07, 6.45) is 3.82. The minimum absolute atomic E-state index is 0.870. The largest absolute Gasteiger partial charge is 0.298 e. The Bertz CT molecular complexity index is 1140. The van der Waals surface area contributed by atoms with Crippen molar-refractivity contribution in [2.24, 2.45) is 0 Å². The second-order valence-electron chi connectivity index (χ2n) is 5.05. The maximum absolute atomic E-state index is 4.81. The summed E-state index contributed by atoms with van der Waals surface area (Å²) in [5.41, 5.74) is 5.59. The first kappa shape index (κ1) is 10.7. The number of aromatic nitrogens is 4. The van der Waals surface area contributed by atoms with Crippen LogP contribution >= 0.6 is 0 Å². The summed E-state index contributed by atoms with van der Waals surface area (Å²) in [5.74, 6) is 0. The van der Waals surface area contributed by atoms with Gasteiger partial charge in [-0.2, -0.15) is 0 Å². The standard InChI is InChI=1S/C17H10N4/c1-2-7-13-12(6-1)19-16-11-5-3-9-18-15(11)14-8-4-10-21(14)17(16)20-13/h1-10H. The van der Waals surface area contributed by atoms with Gasteiger partial charge in [-0.05, 0) is 36.4 Å². The third-order valence-electron chi connectivity index (χ3n) is 3.83. The van der Waals surface area contributed by atoms with Crippen LogP contribution in [0.25, 0.3) is 38.6 Å². The van der Waals surface area contributed by atoms with E-state index in [1.807, 2.05) is 48.8 Å². The van der Waals surface area contributed by atoms with Gasteiger partial charge < -0.3 is 0 Å². The van der Waals surface area contributed by atoms with E-state index in [2.05, 4.69) is 21.5 Å². The summed E-state index contributed by atoms with van der Waals surface area (Å²) in [4.78, 5) is 14.1. The monoisotopic (exact) mass is 270 g/mol. The molecule has 0 amide bonds. The van der Waals surface area contributed by atoms with Gasteiger partial charge in [0.25, 0.3) is 0 Å². The van der Waals surface area contributed by atoms with Crippen LogP contribution in [0, 0.1) is 0 Å². The number of rotatable bonds is 0. The van der Waals surface area contributed by atoms with Crippen molar-refractivity contribution in [2.45, 2.75) is 0 Å². The van der Waals surface area contributed by atoms with Crippen LogP contribution in [-0.4, -0.2) is 19.4 Å². The Labute approximate surface area is 119 Å². The highest BCUT2D eigenvalue weighted by molar-refractivity contribution is 6.09. The van der Waals surface area contributed by atoms with E-state index in [4.69, 9.17) is 9.97 Å². The molecule has 5 rings (SSSR count). The minimum atomic E-state index is 0.870. The van der Waals surface area contributed by atoms with Crippen molar-refractivity contribution in [1.29, 1.82) is 0 Å². The van der Waals surface area contributed by atoms with Gasteiger partial charge in [0.15, 0.2) is 5.65 Å². The fourth-order valence-electron chi connectivity index (χ4n) is 2.90. The molecule has 0 N–H and O–H groups in total. The van der Waals surface area contributed by atoms with E-state index < -0.39 is 0 Å². The van der Waals surface area contributed by atoms with Crippen molar-refractivity contribution in [3.05, 3.63) is 60.9 Å². The van der Waals surface area contributed by atoms with E-state index >= 15 is 0 Å². The van der Waals surface area contributed by atoms with Gasteiger partial charge in [0, 0.05) is 17.8 Å². The highest BCUT2D eigenvalue weighted by Crippen LogP contribution is 2.27. The summed E-state index contributed by atoms with van der Waals surface area (Å²) in [6.45, 7) is 0. The fraction of sp³-hybridized carbons (Fsp3) is 0. The highest BCUT2D eigenvalue weighted by atomic mass is 15.0. The number of hydrogen-bond donors (Lipinski definition) is 0. The fourth-order valence-corrected chi connectivity index (χ4v) is 2.90. The molecule has 1 aromatic carbocycles.